The van der Waals surface area contributed by atoms with Crippen molar-refractivity contribution in [3.05, 3.63) is 12.2 Å². The average Bonchev–Trinajstić information content (AvgIpc) is 3.03. The van der Waals surface area contributed by atoms with Crippen LogP contribution in [0.2, 0.25) is 0 Å². The zero-order valence-electron chi connectivity index (χ0n) is 9.34. The molecule has 86 valence electrons. The molecule has 4 bridgehead atoms. The summed E-state index contributed by atoms with van der Waals surface area (Å²) in [4.78, 5) is 11.7. The fraction of sp³-hybridized carbons (Fsp3) is 0.769. The van der Waals surface area contributed by atoms with Gasteiger partial charge in [0.1, 0.15) is 0 Å². The SMILES string of the molecule is COC(=O)C1CC2OC1C1C3C=CC(C3)C21. The summed E-state index contributed by atoms with van der Waals surface area (Å²) in [7, 11) is 1.48. The maximum absolute atomic E-state index is 11.7. The Morgan fingerprint density at radius 1 is 1.25 bits per heavy atom. The second-order valence-electron chi connectivity index (χ2n) is 5.61. The van der Waals surface area contributed by atoms with Gasteiger partial charge in [0.15, 0.2) is 0 Å². The predicted molar refractivity (Wildman–Crippen MR) is 56.5 cm³/mol. The lowest BCUT2D eigenvalue weighted by atomic mass is 9.69. The molecule has 4 aliphatic rings. The molecule has 0 aromatic carbocycles. The molecule has 3 nitrogen and oxygen atoms in total. The van der Waals surface area contributed by atoms with Crippen molar-refractivity contribution in [3.8, 4) is 0 Å². The number of hydrogen-bond acceptors (Lipinski definition) is 3. The number of hydrogen-bond donors (Lipinski definition) is 0. The monoisotopic (exact) mass is 220 g/mol. The molecule has 0 amide bonds. The van der Waals surface area contributed by atoms with Crippen LogP contribution < -0.4 is 0 Å². The number of carbonyl (C=O) groups is 1. The molecule has 0 radical (unpaired) electrons. The average molecular weight is 220 g/mol. The minimum atomic E-state index is -0.0716. The third kappa shape index (κ3) is 0.915. The van der Waals surface area contributed by atoms with Gasteiger partial charge in [0.05, 0.1) is 25.2 Å². The highest BCUT2D eigenvalue weighted by atomic mass is 16.5. The summed E-state index contributed by atoms with van der Waals surface area (Å²) in [6.45, 7) is 0. The van der Waals surface area contributed by atoms with Crippen molar-refractivity contribution in [2.45, 2.75) is 25.0 Å². The summed E-state index contributed by atoms with van der Waals surface area (Å²) in [6, 6.07) is 0. The summed E-state index contributed by atoms with van der Waals surface area (Å²) in [6.07, 6.45) is 7.34. The van der Waals surface area contributed by atoms with E-state index in [-0.39, 0.29) is 18.0 Å². The Labute approximate surface area is 94.8 Å². The highest BCUT2D eigenvalue weighted by Crippen LogP contribution is 2.61. The quantitative estimate of drug-likeness (QED) is 0.495. The van der Waals surface area contributed by atoms with Crippen molar-refractivity contribution >= 4 is 5.97 Å². The van der Waals surface area contributed by atoms with Gasteiger partial charge in [0.2, 0.25) is 0 Å². The molecule has 2 aliphatic carbocycles. The van der Waals surface area contributed by atoms with Gasteiger partial charge in [-0.25, -0.2) is 0 Å². The van der Waals surface area contributed by atoms with E-state index in [4.69, 9.17) is 9.47 Å². The minimum absolute atomic E-state index is 0.00370. The van der Waals surface area contributed by atoms with Gasteiger partial charge >= 0.3 is 5.97 Å². The first kappa shape index (κ1) is 9.23. The number of ether oxygens (including phenoxy) is 2. The zero-order chi connectivity index (χ0) is 10.9. The van der Waals surface area contributed by atoms with E-state index in [0.717, 1.165) is 12.3 Å². The Morgan fingerprint density at radius 3 is 2.75 bits per heavy atom. The Balaban J connectivity index is 1.66. The van der Waals surface area contributed by atoms with E-state index < -0.39 is 0 Å². The van der Waals surface area contributed by atoms with Crippen LogP contribution in [0.15, 0.2) is 12.2 Å². The van der Waals surface area contributed by atoms with Crippen molar-refractivity contribution < 1.29 is 14.3 Å². The molecular formula is C13H16O3. The van der Waals surface area contributed by atoms with Gasteiger partial charge in [0, 0.05) is 0 Å². The van der Waals surface area contributed by atoms with E-state index in [0.29, 0.717) is 23.9 Å². The molecule has 0 aromatic heterocycles. The normalized spacial score (nSPS) is 55.7. The van der Waals surface area contributed by atoms with Gasteiger partial charge in [-0.3, -0.25) is 4.79 Å². The van der Waals surface area contributed by atoms with Crippen LogP contribution in [0, 0.1) is 29.6 Å². The molecule has 2 saturated heterocycles. The molecule has 0 N–H and O–H groups in total. The number of methoxy groups -OCH3 is 1. The Morgan fingerprint density at radius 2 is 2.00 bits per heavy atom. The molecule has 0 spiro atoms. The van der Waals surface area contributed by atoms with Crippen molar-refractivity contribution in [1.29, 1.82) is 0 Å². The van der Waals surface area contributed by atoms with Gasteiger partial charge in [-0.15, -0.1) is 0 Å². The number of allylic oxidation sites excluding steroid dienone is 2. The fourth-order valence-corrected chi connectivity index (χ4v) is 4.61. The lowest BCUT2D eigenvalue weighted by Gasteiger charge is -2.32. The molecule has 3 fully saturated rings. The van der Waals surface area contributed by atoms with Gasteiger partial charge < -0.3 is 9.47 Å². The van der Waals surface area contributed by atoms with Crippen LogP contribution in [-0.4, -0.2) is 25.3 Å². The Kier molecular flexibility index (Phi) is 1.67. The van der Waals surface area contributed by atoms with Crippen molar-refractivity contribution in [3.63, 3.8) is 0 Å². The third-order valence-corrected chi connectivity index (χ3v) is 5.11. The molecule has 7 unspecified atom stereocenters. The van der Waals surface area contributed by atoms with Crippen molar-refractivity contribution in [2.75, 3.05) is 7.11 Å². The van der Waals surface area contributed by atoms with Crippen LogP contribution in [0.4, 0.5) is 0 Å². The first-order chi connectivity index (χ1) is 7.79. The van der Waals surface area contributed by atoms with Gasteiger partial charge in [0.25, 0.3) is 0 Å². The third-order valence-electron chi connectivity index (χ3n) is 5.11. The summed E-state index contributed by atoms with van der Waals surface area (Å²) in [5, 5.41) is 0. The van der Waals surface area contributed by atoms with Crippen LogP contribution in [-0.2, 0) is 14.3 Å². The lowest BCUT2D eigenvalue weighted by Crippen LogP contribution is -2.39. The Hall–Kier alpha value is -0.830. The van der Waals surface area contributed by atoms with E-state index in [1.807, 2.05) is 0 Å². The first-order valence-electron chi connectivity index (χ1n) is 6.21. The number of esters is 1. The molecule has 16 heavy (non-hydrogen) atoms. The van der Waals surface area contributed by atoms with E-state index in [1.54, 1.807) is 0 Å². The van der Waals surface area contributed by atoms with Crippen molar-refractivity contribution in [2.24, 2.45) is 29.6 Å². The first-order valence-corrected chi connectivity index (χ1v) is 6.21. The van der Waals surface area contributed by atoms with E-state index in [1.165, 1.54) is 13.5 Å². The van der Waals surface area contributed by atoms with E-state index in [2.05, 4.69) is 12.2 Å². The second kappa shape index (κ2) is 2.89. The van der Waals surface area contributed by atoms with E-state index in [9.17, 15) is 4.79 Å². The lowest BCUT2D eigenvalue weighted by molar-refractivity contribution is -0.148. The summed E-state index contributed by atoms with van der Waals surface area (Å²) >= 11 is 0. The molecular weight excluding hydrogens is 204 g/mol. The molecule has 2 heterocycles. The highest BCUT2D eigenvalue weighted by Gasteiger charge is 2.63. The van der Waals surface area contributed by atoms with Crippen LogP contribution in [0.5, 0.6) is 0 Å². The fourth-order valence-electron chi connectivity index (χ4n) is 4.61. The van der Waals surface area contributed by atoms with Crippen LogP contribution in [0.1, 0.15) is 12.8 Å². The molecule has 3 heteroatoms. The highest BCUT2D eigenvalue weighted by molar-refractivity contribution is 5.73. The summed E-state index contributed by atoms with van der Waals surface area (Å²) in [5.74, 6) is 2.61. The number of rotatable bonds is 1. The van der Waals surface area contributed by atoms with Crippen LogP contribution in [0.3, 0.4) is 0 Å². The second-order valence-corrected chi connectivity index (χ2v) is 5.61. The largest absolute Gasteiger partial charge is 0.469 e. The van der Waals surface area contributed by atoms with Crippen molar-refractivity contribution in [1.82, 2.24) is 0 Å². The number of carbonyl (C=O) groups excluding carboxylic acids is 1. The smallest absolute Gasteiger partial charge is 0.311 e. The maximum atomic E-state index is 11.7. The van der Waals surface area contributed by atoms with Crippen LogP contribution in [0.25, 0.3) is 0 Å². The zero-order valence-corrected chi connectivity index (χ0v) is 9.34. The molecule has 2 aliphatic heterocycles. The standard InChI is InChI=1S/C13H16O3/c1-15-13(14)8-5-9-10-6-2-3-7(4-6)11(10)12(8)16-9/h2-3,6-12H,4-5H2,1H3. The van der Waals surface area contributed by atoms with E-state index >= 15 is 0 Å². The minimum Gasteiger partial charge on any atom is -0.469 e. The summed E-state index contributed by atoms with van der Waals surface area (Å²) < 4.78 is 10.9. The molecule has 1 saturated carbocycles. The topological polar surface area (TPSA) is 35.5 Å². The predicted octanol–water partition coefficient (Wildman–Crippen LogP) is 1.39. The maximum Gasteiger partial charge on any atom is 0.311 e. The van der Waals surface area contributed by atoms with Gasteiger partial charge in [-0.2, -0.15) is 0 Å². The molecule has 4 rings (SSSR count). The van der Waals surface area contributed by atoms with Crippen LogP contribution >= 0.6 is 0 Å². The van der Waals surface area contributed by atoms with Gasteiger partial charge in [-0.05, 0) is 36.5 Å². The molecule has 7 atom stereocenters. The number of fused-ring (bicyclic) bond motifs is 9. The van der Waals surface area contributed by atoms with Gasteiger partial charge in [-0.1, -0.05) is 12.2 Å². The Bertz CT molecular complexity index is 375. The molecule has 0 aromatic rings. The summed E-state index contributed by atoms with van der Waals surface area (Å²) in [5.41, 5.74) is 0.